The molecule has 8 nitrogen and oxygen atoms in total. The Hall–Kier alpha value is -2.77. The number of aryl methyl sites for hydroxylation is 1. The average molecular weight is 691 g/mol. The molecule has 0 aliphatic rings. The molecule has 0 aliphatic carbocycles. The lowest BCUT2D eigenvalue weighted by Gasteiger charge is -2.37. The van der Waals surface area contributed by atoms with E-state index in [1.165, 1.54) is 21.3 Å². The minimum absolute atomic E-state index is 0.00462. The molecular weight excluding hydrogens is 640 g/mol. The second-order valence-corrected chi connectivity index (χ2v) is 24.8. The molecule has 3 rings (SSSR count). The zero-order valence-corrected chi connectivity index (χ0v) is 32.6. The van der Waals surface area contributed by atoms with Crippen LogP contribution in [-0.2, 0) is 26.8 Å². The van der Waals surface area contributed by atoms with Gasteiger partial charge >= 0.3 is 5.97 Å². The molecule has 0 aliphatic heterocycles. The van der Waals surface area contributed by atoms with E-state index in [9.17, 15) is 15.0 Å². The molecule has 2 N–H and O–H groups in total. The number of carbonyl (C=O) groups is 1. The molecule has 0 fully saturated rings. The van der Waals surface area contributed by atoms with Gasteiger partial charge in [-0.3, -0.25) is 0 Å². The first-order valence-corrected chi connectivity index (χ1v) is 21.5. The van der Waals surface area contributed by atoms with E-state index in [1.54, 1.807) is 13.0 Å². The fourth-order valence-corrected chi connectivity index (χ4v) is 7.04. The third-order valence-corrected chi connectivity index (χ3v) is 19.0. The van der Waals surface area contributed by atoms with Crippen LogP contribution in [0, 0.1) is 6.92 Å². The monoisotopic (exact) mass is 690 g/mol. The summed E-state index contributed by atoms with van der Waals surface area (Å²) in [5.41, 5.74) is 2.26. The highest BCUT2D eigenvalue weighted by Gasteiger charge is 2.39. The number of halogens is 1. The van der Waals surface area contributed by atoms with E-state index in [2.05, 4.69) is 67.7 Å². The summed E-state index contributed by atoms with van der Waals surface area (Å²) in [4.78, 5) is 13.0. The molecule has 0 heterocycles. The van der Waals surface area contributed by atoms with Crippen molar-refractivity contribution in [2.75, 3.05) is 21.3 Å². The Morgan fingerprint density at radius 3 is 1.70 bits per heavy atom. The van der Waals surface area contributed by atoms with Crippen molar-refractivity contribution in [2.24, 2.45) is 0 Å². The molecule has 0 radical (unpaired) electrons. The zero-order valence-electron chi connectivity index (χ0n) is 29.9. The van der Waals surface area contributed by atoms with Gasteiger partial charge in [0.1, 0.15) is 28.6 Å². The van der Waals surface area contributed by atoms with Gasteiger partial charge in [-0.15, -0.1) is 0 Å². The van der Waals surface area contributed by atoms with E-state index in [4.69, 9.17) is 34.7 Å². The first kappa shape index (κ1) is 37.7. The number of phenols is 2. The van der Waals surface area contributed by atoms with Crippen molar-refractivity contribution < 1.29 is 38.1 Å². The van der Waals surface area contributed by atoms with Crippen molar-refractivity contribution in [3.63, 3.8) is 0 Å². The third-order valence-electron chi connectivity index (χ3n) is 9.78. The van der Waals surface area contributed by atoms with Crippen LogP contribution in [0.2, 0.25) is 41.3 Å². The van der Waals surface area contributed by atoms with Crippen LogP contribution in [0.5, 0.6) is 23.0 Å². The van der Waals surface area contributed by atoms with Crippen molar-refractivity contribution in [1.29, 1.82) is 0 Å². The van der Waals surface area contributed by atoms with Crippen LogP contribution >= 0.6 is 11.6 Å². The Labute approximate surface area is 281 Å². The normalized spacial score (nSPS) is 12.8. The molecule has 46 heavy (non-hydrogen) atoms. The summed E-state index contributed by atoms with van der Waals surface area (Å²) in [5, 5.41) is 25.2. The summed E-state index contributed by atoms with van der Waals surface area (Å²) in [6.07, 6.45) is 0. The Kier molecular flexibility index (Phi) is 11.0. The van der Waals surface area contributed by atoms with Crippen LogP contribution in [0.3, 0.4) is 0 Å². The number of rotatable bonds is 10. The van der Waals surface area contributed by atoms with Crippen LogP contribution in [0.1, 0.15) is 68.6 Å². The maximum absolute atomic E-state index is 13.0. The molecule has 0 bridgehead atoms. The predicted octanol–water partition coefficient (Wildman–Crippen LogP) is 9.73. The molecule has 0 saturated heterocycles. The summed E-state index contributed by atoms with van der Waals surface area (Å²) in [5.74, 6) is -0.517. The Bertz CT molecular complexity index is 1640. The van der Waals surface area contributed by atoms with Gasteiger partial charge < -0.3 is 33.3 Å². The Morgan fingerprint density at radius 2 is 1.26 bits per heavy atom. The van der Waals surface area contributed by atoms with Crippen molar-refractivity contribution >= 4 is 45.0 Å². The molecule has 0 saturated carbocycles. The maximum atomic E-state index is 13.0. The summed E-state index contributed by atoms with van der Waals surface area (Å²) >= 11 is 6.60. The lowest BCUT2D eigenvalue weighted by atomic mass is 9.87. The number of aromatic hydroxyl groups is 2. The van der Waals surface area contributed by atoms with Crippen LogP contribution in [0.15, 0.2) is 18.2 Å². The van der Waals surface area contributed by atoms with Gasteiger partial charge in [0.15, 0.2) is 16.6 Å². The number of hydrogen-bond acceptors (Lipinski definition) is 8. The van der Waals surface area contributed by atoms with Crippen LogP contribution < -0.4 is 9.47 Å². The predicted molar refractivity (Wildman–Crippen MR) is 191 cm³/mol. The van der Waals surface area contributed by atoms with Gasteiger partial charge in [0.05, 0.1) is 45.0 Å². The largest absolute Gasteiger partial charge is 0.506 e. The summed E-state index contributed by atoms with van der Waals surface area (Å²) in [7, 11) is -0.295. The number of esters is 1. The van der Waals surface area contributed by atoms with Gasteiger partial charge in [-0.25, -0.2) is 4.79 Å². The maximum Gasteiger partial charge on any atom is 0.341 e. The van der Waals surface area contributed by atoms with Gasteiger partial charge in [0.25, 0.3) is 0 Å². The van der Waals surface area contributed by atoms with Crippen molar-refractivity contribution in [3.8, 4) is 34.1 Å². The lowest BCUT2D eigenvalue weighted by molar-refractivity contribution is 0.0596. The van der Waals surface area contributed by atoms with Gasteiger partial charge in [-0.2, -0.15) is 0 Å². The molecule has 3 aromatic carbocycles. The second kappa shape index (κ2) is 13.4. The first-order valence-electron chi connectivity index (χ1n) is 15.4. The number of benzene rings is 3. The zero-order chi connectivity index (χ0) is 35.2. The van der Waals surface area contributed by atoms with Crippen LogP contribution in [0.4, 0.5) is 0 Å². The SMILES string of the molecule is COC(=O)c1c(C)cc(CO[Si](C)(C)C(C)(C)C)c(-c2c(CO[Si](C)(C)C(C)(C)C)cc3c(OC)c(Cl)cc(OC)c3c2O)c1O. The fourth-order valence-electron chi connectivity index (χ4n) is 4.87. The number of ether oxygens (including phenoxy) is 3. The minimum Gasteiger partial charge on any atom is -0.506 e. The molecule has 254 valence electrons. The molecular formula is C35H51ClO8Si2. The summed E-state index contributed by atoms with van der Waals surface area (Å²) in [6.45, 7) is 23.5. The fraction of sp³-hybridized carbons (Fsp3) is 0.514. The average Bonchev–Trinajstić information content (AvgIpc) is 2.93. The van der Waals surface area contributed by atoms with Crippen molar-refractivity contribution in [2.45, 2.75) is 97.9 Å². The molecule has 3 aromatic rings. The third kappa shape index (κ3) is 7.06. The molecule has 0 aromatic heterocycles. The smallest absolute Gasteiger partial charge is 0.341 e. The Morgan fingerprint density at radius 1 is 0.783 bits per heavy atom. The molecule has 11 heteroatoms. The minimum atomic E-state index is -2.30. The first-order chi connectivity index (χ1) is 21.0. The van der Waals surface area contributed by atoms with Gasteiger partial charge in [-0.05, 0) is 65.9 Å². The standard InChI is InChI=1S/C35H51ClO8Si2/c1-20-15-21(18-43-45(11,12)34(2,3)4)27(30(37)26(20)33(39)42-10)28-22(19-44-46(13,14)35(5,6)7)16-23-29(31(28)38)25(40-8)17-24(36)32(23)41-9/h15-17,37-38H,18-19H2,1-14H3. The van der Waals surface area contributed by atoms with E-state index in [1.807, 2.05) is 12.1 Å². The molecule has 0 amide bonds. The van der Waals surface area contributed by atoms with E-state index in [0.717, 1.165) is 0 Å². The topological polar surface area (TPSA) is 104 Å². The van der Waals surface area contributed by atoms with E-state index in [0.29, 0.717) is 49.5 Å². The van der Waals surface area contributed by atoms with Gasteiger partial charge in [0, 0.05) is 22.6 Å². The van der Waals surface area contributed by atoms with Gasteiger partial charge in [-0.1, -0.05) is 59.2 Å². The molecule has 0 spiro atoms. The van der Waals surface area contributed by atoms with Gasteiger partial charge in [0.2, 0.25) is 0 Å². The number of fused-ring (bicyclic) bond motifs is 1. The number of methoxy groups -OCH3 is 3. The number of phenolic OH excluding ortho intramolecular Hbond substituents is 2. The van der Waals surface area contributed by atoms with E-state index in [-0.39, 0.29) is 45.9 Å². The van der Waals surface area contributed by atoms with Crippen LogP contribution in [0.25, 0.3) is 21.9 Å². The summed E-state index contributed by atoms with van der Waals surface area (Å²) < 4.78 is 29.8. The highest BCUT2D eigenvalue weighted by atomic mass is 35.5. The summed E-state index contributed by atoms with van der Waals surface area (Å²) in [6, 6.07) is 5.24. The Balaban J connectivity index is 2.54. The highest BCUT2D eigenvalue weighted by molar-refractivity contribution is 6.74. The highest BCUT2D eigenvalue weighted by Crippen LogP contribution is 2.52. The van der Waals surface area contributed by atoms with E-state index < -0.39 is 22.6 Å². The molecule has 0 unspecified atom stereocenters. The van der Waals surface area contributed by atoms with E-state index >= 15 is 0 Å². The number of carbonyl (C=O) groups excluding carboxylic acids is 1. The van der Waals surface area contributed by atoms with Crippen LogP contribution in [-0.4, -0.2) is 54.1 Å². The van der Waals surface area contributed by atoms with Crippen molar-refractivity contribution in [1.82, 2.24) is 0 Å². The number of hydrogen-bond donors (Lipinski definition) is 2. The van der Waals surface area contributed by atoms with Crippen molar-refractivity contribution in [3.05, 3.63) is 45.5 Å². The lowest BCUT2D eigenvalue weighted by Crippen LogP contribution is -2.40. The quantitative estimate of drug-likeness (QED) is 0.160. The molecule has 0 atom stereocenters. The second-order valence-electron chi connectivity index (χ2n) is 14.8.